The van der Waals surface area contributed by atoms with Crippen LogP contribution in [0.3, 0.4) is 0 Å². The number of carbonyl (C=O) groups is 2. The zero-order chi connectivity index (χ0) is 31.4. The number of hydrogen-bond donors (Lipinski definition) is 2. The minimum Gasteiger partial charge on any atom is -0.448 e. The van der Waals surface area contributed by atoms with Crippen LogP contribution in [-0.4, -0.2) is 100 Å². The van der Waals surface area contributed by atoms with E-state index in [4.69, 9.17) is 26.3 Å². The summed E-state index contributed by atoms with van der Waals surface area (Å²) in [5.41, 5.74) is 0.634. The summed E-state index contributed by atoms with van der Waals surface area (Å²) in [5.74, 6) is 1.17. The summed E-state index contributed by atoms with van der Waals surface area (Å²) in [6, 6.07) is 7.53. The van der Waals surface area contributed by atoms with Crippen LogP contribution in [0.1, 0.15) is 43.2 Å². The van der Waals surface area contributed by atoms with Crippen molar-refractivity contribution in [1.82, 2.24) is 29.5 Å². The van der Waals surface area contributed by atoms with Gasteiger partial charge in [-0.2, -0.15) is 15.1 Å². The van der Waals surface area contributed by atoms with Crippen LogP contribution in [0.4, 0.5) is 32.6 Å². The van der Waals surface area contributed by atoms with Gasteiger partial charge in [-0.15, -0.1) is 4.68 Å². The van der Waals surface area contributed by atoms with Crippen molar-refractivity contribution >= 4 is 47.0 Å². The summed E-state index contributed by atoms with van der Waals surface area (Å²) < 4.78 is 21.0. The number of hydrogen-bond acceptors (Lipinski definition) is 10. The van der Waals surface area contributed by atoms with Crippen LogP contribution >= 0.6 is 11.6 Å². The molecule has 0 unspecified atom stereocenters. The molecule has 2 aliphatic rings. The van der Waals surface area contributed by atoms with Crippen LogP contribution in [0.5, 0.6) is 0 Å². The van der Waals surface area contributed by atoms with Crippen molar-refractivity contribution in [2.24, 2.45) is 5.92 Å². The third-order valence-corrected chi connectivity index (χ3v) is 7.86. The number of likely N-dealkylation sites (N-methyl/N-ethyl adjacent to an activating group) is 1. The van der Waals surface area contributed by atoms with E-state index in [1.54, 1.807) is 17.9 Å². The summed E-state index contributed by atoms with van der Waals surface area (Å²) in [6.07, 6.45) is 0.0607. The number of rotatable bonds is 9. The summed E-state index contributed by atoms with van der Waals surface area (Å²) >= 11 is 5.87. The Morgan fingerprint density at radius 1 is 1.11 bits per heavy atom. The highest BCUT2D eigenvalue weighted by molar-refractivity contribution is 6.30. The molecule has 2 aromatic heterocycles. The molecule has 0 spiro atoms. The van der Waals surface area contributed by atoms with E-state index in [0.29, 0.717) is 42.8 Å². The van der Waals surface area contributed by atoms with Gasteiger partial charge in [0.15, 0.2) is 0 Å². The minimum atomic E-state index is -0.642. The minimum absolute atomic E-state index is 0.00942. The van der Waals surface area contributed by atoms with Gasteiger partial charge in [0, 0.05) is 62.5 Å². The molecule has 2 saturated heterocycles. The lowest BCUT2D eigenvalue weighted by molar-refractivity contribution is 0.0787. The van der Waals surface area contributed by atoms with Crippen molar-refractivity contribution in [2.75, 3.05) is 68.0 Å². The van der Waals surface area contributed by atoms with E-state index in [1.165, 1.54) is 16.8 Å². The van der Waals surface area contributed by atoms with Crippen LogP contribution in [-0.2, 0) is 4.74 Å². The zero-order valence-electron chi connectivity index (χ0n) is 25.5. The topological polar surface area (TPSA) is 121 Å². The van der Waals surface area contributed by atoms with Crippen molar-refractivity contribution in [3.8, 4) is 0 Å². The number of aryl methyl sites for hydroxylation is 1. The Morgan fingerprint density at radius 3 is 2.59 bits per heavy atom. The number of ether oxygens (including phenoxy) is 1. The van der Waals surface area contributed by atoms with Crippen molar-refractivity contribution in [2.45, 2.75) is 40.2 Å². The molecule has 1 aromatic carbocycles. The lowest BCUT2D eigenvalue weighted by atomic mass is 10.2. The molecule has 0 bridgehead atoms. The number of anilines is 4. The van der Waals surface area contributed by atoms with E-state index in [2.05, 4.69) is 32.5 Å². The van der Waals surface area contributed by atoms with Gasteiger partial charge in [0.05, 0.1) is 17.9 Å². The van der Waals surface area contributed by atoms with Crippen molar-refractivity contribution in [3.63, 3.8) is 0 Å². The van der Waals surface area contributed by atoms with Crippen LogP contribution in [0.15, 0.2) is 30.3 Å². The number of piperazine rings is 1. The first kappa shape index (κ1) is 31.5. The molecule has 5 rings (SSSR count). The highest BCUT2D eigenvalue weighted by Gasteiger charge is 2.29. The molecule has 1 atom stereocenters. The maximum absolute atomic E-state index is 14.4. The third kappa shape index (κ3) is 7.56. The van der Waals surface area contributed by atoms with E-state index < -0.39 is 11.9 Å². The van der Waals surface area contributed by atoms with Gasteiger partial charge in [0.1, 0.15) is 23.3 Å². The second kappa shape index (κ2) is 13.8. The second-order valence-electron chi connectivity index (χ2n) is 11.5. The molecule has 1 amide bonds. The quantitative estimate of drug-likeness (QED) is 0.347. The molecular weight excluding hydrogens is 589 g/mol. The Balaban J connectivity index is 1.36. The standard InChI is InChI=1S/C30H39ClFN9O3/c1-5-38-10-12-39(13-11-38)26-16-25(34-27-14-20(4)37-41(27)30(43)44-18-19(2)3)35-29(36-26)33-22-8-9-40(17-22)28(42)23-7-6-21(31)15-24(23)32/h6-7,14-16,19,22H,5,8-13,17-18H2,1-4H3,(H2,33,34,35,36)/t22-/m0/s1. The van der Waals surface area contributed by atoms with Gasteiger partial charge in [-0.25, -0.2) is 9.18 Å². The van der Waals surface area contributed by atoms with Gasteiger partial charge in [0.25, 0.3) is 5.91 Å². The molecule has 44 heavy (non-hydrogen) atoms. The van der Waals surface area contributed by atoms with Crippen molar-refractivity contribution in [1.29, 1.82) is 0 Å². The number of benzene rings is 1. The molecule has 2 N–H and O–H groups in total. The number of likely N-dealkylation sites (tertiary alicyclic amines) is 1. The number of nitrogens with one attached hydrogen (secondary N) is 2. The van der Waals surface area contributed by atoms with Gasteiger partial charge in [-0.3, -0.25) is 4.79 Å². The lowest BCUT2D eigenvalue weighted by Crippen LogP contribution is -2.46. The number of halogens is 2. The molecule has 0 aliphatic carbocycles. The van der Waals surface area contributed by atoms with Gasteiger partial charge < -0.3 is 30.1 Å². The Labute approximate surface area is 261 Å². The maximum atomic E-state index is 14.4. The normalized spacial score (nSPS) is 17.3. The fraction of sp³-hybridized carbons (Fsp3) is 0.500. The van der Waals surface area contributed by atoms with Gasteiger partial charge in [-0.1, -0.05) is 32.4 Å². The lowest BCUT2D eigenvalue weighted by Gasteiger charge is -2.35. The highest BCUT2D eigenvalue weighted by atomic mass is 35.5. The average molecular weight is 628 g/mol. The molecule has 0 radical (unpaired) electrons. The van der Waals surface area contributed by atoms with Crippen LogP contribution in [0, 0.1) is 18.7 Å². The first-order valence-electron chi connectivity index (χ1n) is 15.0. The van der Waals surface area contributed by atoms with E-state index in [-0.39, 0.29) is 35.1 Å². The Bertz CT molecular complexity index is 1490. The Hall–Kier alpha value is -3.97. The third-order valence-electron chi connectivity index (χ3n) is 7.63. The molecule has 14 heteroatoms. The van der Waals surface area contributed by atoms with Gasteiger partial charge in [-0.05, 0) is 44.0 Å². The number of carbonyl (C=O) groups excluding carboxylic acids is 2. The number of amides is 1. The second-order valence-corrected chi connectivity index (χ2v) is 12.0. The van der Waals surface area contributed by atoms with Crippen molar-refractivity contribution < 1.29 is 18.7 Å². The summed E-state index contributed by atoms with van der Waals surface area (Å²) in [7, 11) is 0. The van der Waals surface area contributed by atoms with Crippen LogP contribution in [0.25, 0.3) is 0 Å². The fourth-order valence-electron chi connectivity index (χ4n) is 5.25. The molecule has 3 aromatic rings. The van der Waals surface area contributed by atoms with E-state index in [1.807, 2.05) is 19.9 Å². The maximum Gasteiger partial charge on any atom is 0.436 e. The fourth-order valence-corrected chi connectivity index (χ4v) is 5.41. The predicted octanol–water partition coefficient (Wildman–Crippen LogP) is 4.63. The predicted molar refractivity (Wildman–Crippen MR) is 168 cm³/mol. The van der Waals surface area contributed by atoms with Gasteiger partial charge >= 0.3 is 6.09 Å². The average Bonchev–Trinajstić information content (AvgIpc) is 3.61. The van der Waals surface area contributed by atoms with E-state index >= 15 is 0 Å². The monoisotopic (exact) mass is 627 g/mol. The largest absolute Gasteiger partial charge is 0.448 e. The van der Waals surface area contributed by atoms with Gasteiger partial charge in [0.2, 0.25) is 5.95 Å². The van der Waals surface area contributed by atoms with E-state index in [9.17, 15) is 14.0 Å². The molecule has 4 heterocycles. The molecule has 0 saturated carbocycles. The highest BCUT2D eigenvalue weighted by Crippen LogP contribution is 2.26. The van der Waals surface area contributed by atoms with Crippen LogP contribution in [0.2, 0.25) is 5.02 Å². The first-order chi connectivity index (χ1) is 21.1. The number of aromatic nitrogens is 4. The number of nitrogens with zero attached hydrogens (tertiary/aromatic N) is 7. The summed E-state index contributed by atoms with van der Waals surface area (Å²) in [4.78, 5) is 41.6. The Kier molecular flexibility index (Phi) is 9.84. The molecular formula is C30H39ClFN9O3. The SMILES string of the molecule is CCN1CCN(c2cc(Nc3cc(C)nn3C(=O)OCC(C)C)nc(N[C@H]3CCN(C(=O)c4ccc(Cl)cc4F)C3)n2)CC1. The molecule has 236 valence electrons. The molecule has 2 fully saturated rings. The van der Waals surface area contributed by atoms with E-state index in [0.717, 1.165) is 44.6 Å². The van der Waals surface area contributed by atoms with Crippen molar-refractivity contribution in [3.05, 3.63) is 52.4 Å². The molecule has 12 nitrogen and oxygen atoms in total. The summed E-state index contributed by atoms with van der Waals surface area (Å²) in [6.45, 7) is 13.4. The zero-order valence-corrected chi connectivity index (χ0v) is 26.3. The summed E-state index contributed by atoms with van der Waals surface area (Å²) in [5, 5.41) is 11.2. The Morgan fingerprint density at radius 2 is 1.89 bits per heavy atom. The smallest absolute Gasteiger partial charge is 0.436 e. The van der Waals surface area contributed by atoms with Crippen LogP contribution < -0.4 is 15.5 Å². The first-order valence-corrected chi connectivity index (χ1v) is 15.4. The molecule has 2 aliphatic heterocycles.